The molecule has 0 saturated carbocycles. The second kappa shape index (κ2) is 7.70. The molecule has 0 saturated heterocycles. The van der Waals surface area contributed by atoms with Gasteiger partial charge in [-0.1, -0.05) is 54.1 Å². The maximum atomic E-state index is 13.0. The Bertz CT molecular complexity index is 1520. The second-order valence-electron chi connectivity index (χ2n) is 7.03. The molecule has 0 aliphatic heterocycles. The maximum absolute atomic E-state index is 13.0. The van der Waals surface area contributed by atoms with Gasteiger partial charge in [0.05, 0.1) is 22.2 Å². The van der Waals surface area contributed by atoms with Crippen LogP contribution in [0.5, 0.6) is 0 Å². The van der Waals surface area contributed by atoms with Crippen LogP contribution < -0.4 is 10.9 Å². The van der Waals surface area contributed by atoms with Gasteiger partial charge >= 0.3 is 5.63 Å². The molecule has 5 rings (SSSR count). The largest absolute Gasteiger partial charge is 0.403 e. The lowest BCUT2D eigenvalue weighted by Gasteiger charge is -2.11. The van der Waals surface area contributed by atoms with Gasteiger partial charge in [0.2, 0.25) is 5.89 Å². The van der Waals surface area contributed by atoms with Gasteiger partial charge in [0.1, 0.15) is 0 Å². The predicted octanol–water partition coefficient (Wildman–Crippen LogP) is 5.91. The summed E-state index contributed by atoms with van der Waals surface area (Å²) >= 11 is 6.17. The van der Waals surface area contributed by atoms with Gasteiger partial charge in [-0.3, -0.25) is 4.79 Å². The van der Waals surface area contributed by atoms with Crippen molar-refractivity contribution in [3.63, 3.8) is 0 Å². The van der Waals surface area contributed by atoms with Crippen LogP contribution in [0.2, 0.25) is 5.02 Å². The molecule has 5 aromatic rings. The lowest BCUT2D eigenvalue weighted by Crippen LogP contribution is -2.13. The average molecular weight is 427 g/mol. The topological polar surface area (TPSA) is 72.2 Å². The first-order valence-electron chi connectivity index (χ1n) is 9.58. The van der Waals surface area contributed by atoms with Crippen LogP contribution in [0.3, 0.4) is 0 Å². The number of nitrogens with one attached hydrogen (secondary N) is 1. The van der Waals surface area contributed by atoms with E-state index in [-0.39, 0.29) is 11.8 Å². The van der Waals surface area contributed by atoms with E-state index >= 15 is 0 Å². The quantitative estimate of drug-likeness (QED) is 0.389. The van der Waals surface area contributed by atoms with Crippen molar-refractivity contribution in [3.05, 3.63) is 106 Å². The lowest BCUT2D eigenvalue weighted by molar-refractivity contribution is 0.102. The first-order valence-corrected chi connectivity index (χ1v) is 9.96. The Morgan fingerprint density at radius 2 is 1.65 bits per heavy atom. The molecule has 31 heavy (non-hydrogen) atoms. The first-order chi connectivity index (χ1) is 15.1. The Kier molecular flexibility index (Phi) is 4.73. The molecule has 1 aromatic heterocycles. The van der Waals surface area contributed by atoms with Gasteiger partial charge in [-0.2, -0.15) is 0 Å². The minimum absolute atomic E-state index is 0.106. The second-order valence-corrected chi connectivity index (χ2v) is 7.47. The molecule has 0 bridgehead atoms. The number of carbonyl (C=O) groups excluding carboxylic acids is 1. The molecule has 0 fully saturated rings. The minimum Gasteiger partial charge on any atom is -0.403 e. The zero-order chi connectivity index (χ0) is 21.4. The Morgan fingerprint density at radius 3 is 2.52 bits per heavy atom. The highest BCUT2D eigenvalue weighted by atomic mass is 35.5. The van der Waals surface area contributed by atoms with E-state index < -0.39 is 5.63 Å². The summed E-state index contributed by atoms with van der Waals surface area (Å²) < 4.78 is 5.44. The molecule has 1 heterocycles. The van der Waals surface area contributed by atoms with E-state index in [1.54, 1.807) is 48.5 Å². The molecule has 4 aromatic carbocycles. The van der Waals surface area contributed by atoms with Gasteiger partial charge in [-0.25, -0.2) is 9.78 Å². The molecular weight excluding hydrogens is 412 g/mol. The zero-order valence-electron chi connectivity index (χ0n) is 16.1. The Balaban J connectivity index is 1.56. The SMILES string of the molecule is O=C(Nc1cc(Cl)ccc1-c1nc2ccccc2c(=O)o1)c1ccc2ccccc2c1. The zero-order valence-corrected chi connectivity index (χ0v) is 16.9. The highest BCUT2D eigenvalue weighted by Crippen LogP contribution is 2.30. The number of para-hydroxylation sites is 1. The normalized spacial score (nSPS) is 11.0. The summed E-state index contributed by atoms with van der Waals surface area (Å²) in [5.74, 6) is -0.202. The molecule has 6 heteroatoms. The van der Waals surface area contributed by atoms with Crippen molar-refractivity contribution in [2.45, 2.75) is 0 Å². The number of hydrogen-bond acceptors (Lipinski definition) is 4. The van der Waals surface area contributed by atoms with Gasteiger partial charge in [0.25, 0.3) is 5.91 Å². The summed E-state index contributed by atoms with van der Waals surface area (Å²) in [7, 11) is 0. The fraction of sp³-hybridized carbons (Fsp3) is 0. The van der Waals surface area contributed by atoms with E-state index in [2.05, 4.69) is 10.3 Å². The number of carbonyl (C=O) groups is 1. The van der Waals surface area contributed by atoms with Crippen molar-refractivity contribution in [2.24, 2.45) is 0 Å². The third-order valence-electron chi connectivity index (χ3n) is 5.01. The van der Waals surface area contributed by atoms with Crippen molar-refractivity contribution in [2.75, 3.05) is 5.32 Å². The van der Waals surface area contributed by atoms with Gasteiger partial charge < -0.3 is 9.73 Å². The molecule has 5 nitrogen and oxygen atoms in total. The number of aromatic nitrogens is 1. The van der Waals surface area contributed by atoms with Gasteiger partial charge in [-0.05, 0) is 53.2 Å². The summed E-state index contributed by atoms with van der Waals surface area (Å²) in [5.41, 5.74) is 1.37. The van der Waals surface area contributed by atoms with Crippen molar-refractivity contribution >= 4 is 44.9 Å². The standard InChI is InChI=1S/C25H15ClN2O3/c26-18-11-12-19(24-28-21-8-4-3-7-20(21)25(30)31-24)22(14-18)27-23(29)17-10-9-15-5-1-2-6-16(15)13-17/h1-14H,(H,27,29). The summed E-state index contributed by atoms with van der Waals surface area (Å²) in [6.45, 7) is 0. The van der Waals surface area contributed by atoms with Crippen LogP contribution in [-0.2, 0) is 0 Å². The number of amides is 1. The number of fused-ring (bicyclic) bond motifs is 2. The van der Waals surface area contributed by atoms with Crippen molar-refractivity contribution < 1.29 is 9.21 Å². The molecule has 0 unspecified atom stereocenters. The van der Waals surface area contributed by atoms with Crippen LogP contribution in [0.15, 0.2) is 94.1 Å². The van der Waals surface area contributed by atoms with Crippen LogP contribution >= 0.6 is 11.6 Å². The summed E-state index contributed by atoms with van der Waals surface area (Å²) in [6.07, 6.45) is 0. The highest BCUT2D eigenvalue weighted by Gasteiger charge is 2.16. The molecule has 0 atom stereocenters. The van der Waals surface area contributed by atoms with E-state index in [0.29, 0.717) is 32.7 Å². The van der Waals surface area contributed by atoms with E-state index in [1.807, 2.05) is 36.4 Å². The van der Waals surface area contributed by atoms with Gasteiger partial charge in [0.15, 0.2) is 0 Å². The summed E-state index contributed by atoms with van der Waals surface area (Å²) in [5, 5.41) is 5.70. The Hall–Kier alpha value is -3.96. The minimum atomic E-state index is -0.498. The van der Waals surface area contributed by atoms with Crippen molar-refractivity contribution in [1.29, 1.82) is 0 Å². The number of benzene rings is 4. The average Bonchev–Trinajstić information content (AvgIpc) is 2.79. The molecule has 0 aliphatic rings. The monoisotopic (exact) mass is 426 g/mol. The van der Waals surface area contributed by atoms with Crippen molar-refractivity contribution in [3.8, 4) is 11.5 Å². The molecule has 0 aliphatic carbocycles. The Labute approximate surface area is 181 Å². The van der Waals surface area contributed by atoms with E-state index in [9.17, 15) is 9.59 Å². The number of hydrogen-bond donors (Lipinski definition) is 1. The lowest BCUT2D eigenvalue weighted by atomic mass is 10.1. The number of anilines is 1. The number of rotatable bonds is 3. The molecule has 1 amide bonds. The van der Waals surface area contributed by atoms with Gasteiger partial charge in [-0.15, -0.1) is 0 Å². The number of nitrogens with zero attached hydrogens (tertiary/aromatic N) is 1. The maximum Gasteiger partial charge on any atom is 0.347 e. The smallest absolute Gasteiger partial charge is 0.347 e. The van der Waals surface area contributed by atoms with E-state index in [0.717, 1.165) is 10.8 Å². The molecule has 0 radical (unpaired) electrons. The predicted molar refractivity (Wildman–Crippen MR) is 123 cm³/mol. The van der Waals surface area contributed by atoms with Crippen LogP contribution in [0.25, 0.3) is 33.1 Å². The fourth-order valence-electron chi connectivity index (χ4n) is 3.47. The van der Waals surface area contributed by atoms with Gasteiger partial charge in [0, 0.05) is 10.6 Å². The van der Waals surface area contributed by atoms with Crippen LogP contribution in [0, 0.1) is 0 Å². The summed E-state index contributed by atoms with van der Waals surface area (Å²) in [6, 6.07) is 25.1. The fourth-order valence-corrected chi connectivity index (χ4v) is 3.64. The third-order valence-corrected chi connectivity index (χ3v) is 5.24. The van der Waals surface area contributed by atoms with Crippen LogP contribution in [-0.4, -0.2) is 10.9 Å². The molecule has 1 N–H and O–H groups in total. The Morgan fingerprint density at radius 1 is 0.871 bits per heavy atom. The summed E-state index contributed by atoms with van der Waals surface area (Å²) in [4.78, 5) is 29.8. The van der Waals surface area contributed by atoms with E-state index in [1.165, 1.54) is 0 Å². The van der Waals surface area contributed by atoms with Crippen LogP contribution in [0.4, 0.5) is 5.69 Å². The van der Waals surface area contributed by atoms with E-state index in [4.69, 9.17) is 16.0 Å². The molecule has 150 valence electrons. The highest BCUT2D eigenvalue weighted by molar-refractivity contribution is 6.31. The molecular formula is C25H15ClN2O3. The number of halogens is 1. The first kappa shape index (κ1) is 19.0. The van der Waals surface area contributed by atoms with Crippen LogP contribution in [0.1, 0.15) is 10.4 Å². The van der Waals surface area contributed by atoms with Crippen molar-refractivity contribution in [1.82, 2.24) is 4.98 Å². The third kappa shape index (κ3) is 3.67. The molecule has 0 spiro atoms.